The highest BCUT2D eigenvalue weighted by molar-refractivity contribution is 6.09. The molecule has 21 heavy (non-hydrogen) atoms. The summed E-state index contributed by atoms with van der Waals surface area (Å²) in [5.41, 5.74) is -0.493. The van der Waals surface area contributed by atoms with E-state index in [9.17, 15) is 14.4 Å². The first kappa shape index (κ1) is 17.0. The number of nitrogens with zero attached hydrogens (tertiary/aromatic N) is 2. The molecule has 1 saturated heterocycles. The van der Waals surface area contributed by atoms with Gasteiger partial charge < -0.3 is 14.4 Å². The van der Waals surface area contributed by atoms with Gasteiger partial charge in [0.1, 0.15) is 5.60 Å². The molecule has 1 rings (SSSR count). The smallest absolute Gasteiger partial charge is 0.411 e. The van der Waals surface area contributed by atoms with Gasteiger partial charge >= 0.3 is 12.1 Å². The van der Waals surface area contributed by atoms with Crippen LogP contribution in [0.3, 0.4) is 0 Å². The Kier molecular flexibility index (Phi) is 4.98. The Morgan fingerprint density at radius 1 is 1.33 bits per heavy atom. The predicted octanol–water partition coefficient (Wildman–Crippen LogP) is 0.793. The average molecular weight is 298 g/mol. The molecule has 7 nitrogen and oxygen atoms in total. The van der Waals surface area contributed by atoms with Gasteiger partial charge in [-0.05, 0) is 20.8 Å². The number of ketones is 1. The molecule has 7 heteroatoms. The van der Waals surface area contributed by atoms with Crippen molar-refractivity contribution in [1.82, 2.24) is 9.80 Å². The van der Waals surface area contributed by atoms with Crippen LogP contribution in [0.2, 0.25) is 0 Å². The van der Waals surface area contributed by atoms with Gasteiger partial charge in [0.25, 0.3) is 0 Å². The lowest BCUT2D eigenvalue weighted by Crippen LogP contribution is -2.44. The second-order valence-electron chi connectivity index (χ2n) is 6.01. The first-order valence-electron chi connectivity index (χ1n) is 6.55. The zero-order chi connectivity index (χ0) is 16.4. The molecule has 1 unspecified atom stereocenters. The topological polar surface area (TPSA) is 76.2 Å². The minimum atomic E-state index is -1.07. The van der Waals surface area contributed by atoms with E-state index in [1.165, 1.54) is 13.3 Å². The lowest BCUT2D eigenvalue weighted by atomic mass is 10.1. The van der Waals surface area contributed by atoms with Gasteiger partial charge in [0, 0.05) is 25.9 Å². The predicted molar refractivity (Wildman–Crippen MR) is 75.5 cm³/mol. The van der Waals surface area contributed by atoms with Gasteiger partial charge in [-0.15, -0.1) is 0 Å². The summed E-state index contributed by atoms with van der Waals surface area (Å²) in [5, 5.41) is 0. The molecule has 0 N–H and O–H groups in total. The third-order valence-electron chi connectivity index (χ3n) is 2.69. The number of likely N-dealkylation sites (tertiary alicyclic amines) is 1. The van der Waals surface area contributed by atoms with Crippen LogP contribution in [0.15, 0.2) is 11.8 Å². The maximum atomic E-state index is 12.2. The molecule has 0 saturated carbocycles. The largest absolute Gasteiger partial charge is 0.467 e. The van der Waals surface area contributed by atoms with E-state index >= 15 is 0 Å². The number of esters is 1. The number of hydrogen-bond acceptors (Lipinski definition) is 6. The van der Waals surface area contributed by atoms with Crippen molar-refractivity contribution in [2.75, 3.05) is 27.7 Å². The molecule has 0 aromatic heterocycles. The van der Waals surface area contributed by atoms with Crippen molar-refractivity contribution < 1.29 is 23.9 Å². The van der Waals surface area contributed by atoms with E-state index < -0.39 is 23.7 Å². The van der Waals surface area contributed by atoms with Gasteiger partial charge in [0.15, 0.2) is 11.8 Å². The Morgan fingerprint density at radius 3 is 2.33 bits per heavy atom. The quantitative estimate of drug-likeness (QED) is 0.554. The van der Waals surface area contributed by atoms with Crippen LogP contribution < -0.4 is 0 Å². The third-order valence-corrected chi connectivity index (χ3v) is 2.69. The molecule has 1 aliphatic rings. The summed E-state index contributed by atoms with van der Waals surface area (Å²) in [6.07, 6.45) is 0.808. The lowest BCUT2D eigenvalue weighted by molar-refractivity contribution is -0.144. The molecule has 118 valence electrons. The monoisotopic (exact) mass is 298 g/mol. The van der Waals surface area contributed by atoms with Gasteiger partial charge in [-0.1, -0.05) is 0 Å². The second kappa shape index (κ2) is 6.15. The number of Topliss-reactive ketones (excluding diaryl/α,β-unsaturated/α-hetero) is 1. The molecule has 0 bridgehead atoms. The maximum absolute atomic E-state index is 12.2. The van der Waals surface area contributed by atoms with Crippen LogP contribution in [0, 0.1) is 0 Å². The van der Waals surface area contributed by atoms with Crippen LogP contribution in [0.25, 0.3) is 0 Å². The zero-order valence-corrected chi connectivity index (χ0v) is 13.3. The van der Waals surface area contributed by atoms with Crippen molar-refractivity contribution in [3.63, 3.8) is 0 Å². The number of carbonyl (C=O) groups is 3. The summed E-state index contributed by atoms with van der Waals surface area (Å²) < 4.78 is 9.94. The summed E-state index contributed by atoms with van der Waals surface area (Å²) in [6, 6.07) is -1.07. The Hall–Kier alpha value is -2.05. The van der Waals surface area contributed by atoms with Crippen LogP contribution in [0.5, 0.6) is 0 Å². The van der Waals surface area contributed by atoms with Crippen molar-refractivity contribution in [2.45, 2.75) is 32.4 Å². The van der Waals surface area contributed by atoms with Crippen LogP contribution in [-0.4, -0.2) is 67.0 Å². The van der Waals surface area contributed by atoms with E-state index in [4.69, 9.17) is 9.47 Å². The highest BCUT2D eigenvalue weighted by Gasteiger charge is 2.45. The normalized spacial score (nSPS) is 20.7. The maximum Gasteiger partial charge on any atom is 0.411 e. The molecule has 1 atom stereocenters. The molecule has 1 heterocycles. The SMILES string of the molecule is COC(=O)C1/C(=C/N(C)C)C(=O)CN1C(=O)OC(C)(C)C. The second-order valence-corrected chi connectivity index (χ2v) is 6.01. The van der Waals surface area contributed by atoms with Gasteiger partial charge in [0.2, 0.25) is 0 Å². The highest BCUT2D eigenvalue weighted by Crippen LogP contribution is 2.24. The molecule has 0 aromatic rings. The van der Waals surface area contributed by atoms with Crippen molar-refractivity contribution in [2.24, 2.45) is 0 Å². The third kappa shape index (κ3) is 4.21. The van der Waals surface area contributed by atoms with Crippen LogP contribution in [0.1, 0.15) is 20.8 Å². The molecular formula is C14H22N2O5. The lowest BCUT2D eigenvalue weighted by Gasteiger charge is -2.27. The van der Waals surface area contributed by atoms with Gasteiger partial charge in [0.05, 0.1) is 13.7 Å². The number of ether oxygens (including phenoxy) is 2. The van der Waals surface area contributed by atoms with Gasteiger partial charge in [-0.3, -0.25) is 9.69 Å². The number of rotatable bonds is 2. The van der Waals surface area contributed by atoms with E-state index in [1.807, 2.05) is 0 Å². The van der Waals surface area contributed by atoms with E-state index in [1.54, 1.807) is 39.8 Å². The van der Waals surface area contributed by atoms with Crippen molar-refractivity contribution >= 4 is 17.8 Å². The average Bonchev–Trinajstić information content (AvgIpc) is 2.63. The fraction of sp³-hybridized carbons (Fsp3) is 0.643. The Labute approximate surface area is 124 Å². The first-order valence-corrected chi connectivity index (χ1v) is 6.55. The van der Waals surface area contributed by atoms with E-state index in [0.29, 0.717) is 0 Å². The molecule has 0 spiro atoms. The summed E-state index contributed by atoms with van der Waals surface area (Å²) in [4.78, 5) is 38.9. The molecule has 1 aliphatic heterocycles. The number of methoxy groups -OCH3 is 1. The summed E-state index contributed by atoms with van der Waals surface area (Å²) in [7, 11) is 4.67. The molecule has 0 aliphatic carbocycles. The minimum Gasteiger partial charge on any atom is -0.467 e. The van der Waals surface area contributed by atoms with E-state index in [-0.39, 0.29) is 17.9 Å². The number of hydrogen-bond donors (Lipinski definition) is 0. The van der Waals surface area contributed by atoms with Crippen molar-refractivity contribution in [1.29, 1.82) is 0 Å². The fourth-order valence-corrected chi connectivity index (χ4v) is 1.93. The Morgan fingerprint density at radius 2 is 1.90 bits per heavy atom. The molecular weight excluding hydrogens is 276 g/mol. The molecule has 0 aromatic carbocycles. The van der Waals surface area contributed by atoms with Crippen molar-refractivity contribution in [3.8, 4) is 0 Å². The van der Waals surface area contributed by atoms with Gasteiger partial charge in [-0.25, -0.2) is 9.59 Å². The highest BCUT2D eigenvalue weighted by atomic mass is 16.6. The van der Waals surface area contributed by atoms with Gasteiger partial charge in [-0.2, -0.15) is 0 Å². The van der Waals surface area contributed by atoms with Crippen LogP contribution in [-0.2, 0) is 19.1 Å². The number of amides is 1. The Bertz CT molecular complexity index is 476. The molecule has 1 amide bonds. The standard InChI is InChI=1S/C14H22N2O5/c1-14(2,3)21-13(19)16-8-10(17)9(7-15(4)5)11(16)12(18)20-6/h7,11H,8H2,1-6H3/b9-7+. The van der Waals surface area contributed by atoms with Crippen molar-refractivity contribution in [3.05, 3.63) is 11.8 Å². The Balaban J connectivity index is 3.12. The first-order chi connectivity index (χ1) is 9.56. The summed E-state index contributed by atoms with van der Waals surface area (Å²) in [5.74, 6) is -0.968. The summed E-state index contributed by atoms with van der Waals surface area (Å²) >= 11 is 0. The van der Waals surface area contributed by atoms with E-state index in [0.717, 1.165) is 4.90 Å². The van der Waals surface area contributed by atoms with Crippen LogP contribution >= 0.6 is 0 Å². The van der Waals surface area contributed by atoms with Crippen LogP contribution in [0.4, 0.5) is 4.79 Å². The molecule has 1 fully saturated rings. The molecule has 0 radical (unpaired) electrons. The minimum absolute atomic E-state index is 0.200. The number of carbonyl (C=O) groups excluding carboxylic acids is 3. The summed E-state index contributed by atoms with van der Waals surface area (Å²) in [6.45, 7) is 4.94. The van der Waals surface area contributed by atoms with E-state index in [2.05, 4.69) is 0 Å². The fourth-order valence-electron chi connectivity index (χ4n) is 1.93. The zero-order valence-electron chi connectivity index (χ0n) is 13.3.